The lowest BCUT2D eigenvalue weighted by Gasteiger charge is -2.19. The van der Waals surface area contributed by atoms with Gasteiger partial charge in [-0.05, 0) is 30.7 Å². The molecule has 148 valence electrons. The van der Waals surface area contributed by atoms with E-state index in [0.29, 0.717) is 5.56 Å². The summed E-state index contributed by atoms with van der Waals surface area (Å²) in [7, 11) is 5.36. The molecule has 4 aromatic rings. The van der Waals surface area contributed by atoms with Gasteiger partial charge in [-0.3, -0.25) is 9.48 Å². The van der Waals surface area contributed by atoms with E-state index in [2.05, 4.69) is 20.4 Å². The fraction of sp³-hybridized carbons (Fsp3) is 0.238. The number of fused-ring (bicyclic) bond motifs is 1. The lowest BCUT2D eigenvalue weighted by molar-refractivity contribution is 0.0941. The summed E-state index contributed by atoms with van der Waals surface area (Å²) in [6.45, 7) is 1.90. The number of carbonyl (C=O) groups is 1. The van der Waals surface area contributed by atoms with Crippen molar-refractivity contribution >= 4 is 16.9 Å². The first-order chi connectivity index (χ1) is 14.0. The van der Waals surface area contributed by atoms with E-state index < -0.39 is 6.04 Å². The van der Waals surface area contributed by atoms with Crippen LogP contribution in [-0.4, -0.2) is 37.3 Å². The summed E-state index contributed by atoms with van der Waals surface area (Å²) in [5.74, 6) is 1.25. The topological polar surface area (TPSA) is 86.9 Å². The van der Waals surface area contributed by atoms with Crippen molar-refractivity contribution < 1.29 is 9.53 Å². The van der Waals surface area contributed by atoms with Crippen molar-refractivity contribution in [3.05, 3.63) is 71.6 Å². The van der Waals surface area contributed by atoms with E-state index in [9.17, 15) is 4.79 Å². The Hall–Kier alpha value is -3.68. The highest BCUT2D eigenvalue weighted by molar-refractivity contribution is 5.97. The number of nitrogens with zero attached hydrogens (tertiary/aromatic N) is 5. The molecule has 0 radical (unpaired) electrons. The molecule has 0 bridgehead atoms. The van der Waals surface area contributed by atoms with Gasteiger partial charge in [0.1, 0.15) is 17.6 Å². The minimum absolute atomic E-state index is 0.230. The monoisotopic (exact) mass is 390 g/mol. The highest BCUT2D eigenvalue weighted by Crippen LogP contribution is 2.24. The first kappa shape index (κ1) is 18.7. The molecule has 1 aromatic carbocycles. The summed E-state index contributed by atoms with van der Waals surface area (Å²) in [5, 5.41) is 8.32. The molecule has 1 amide bonds. The summed E-state index contributed by atoms with van der Waals surface area (Å²) >= 11 is 0. The molecule has 0 saturated heterocycles. The van der Waals surface area contributed by atoms with Crippen molar-refractivity contribution in [1.82, 2.24) is 29.6 Å². The van der Waals surface area contributed by atoms with Crippen molar-refractivity contribution in [3.8, 4) is 5.75 Å². The number of hydrogen-bond acceptors (Lipinski definition) is 5. The van der Waals surface area contributed by atoms with Crippen LogP contribution in [0.15, 0.2) is 48.9 Å². The second-order valence-corrected chi connectivity index (χ2v) is 6.88. The van der Waals surface area contributed by atoms with Crippen molar-refractivity contribution in [1.29, 1.82) is 0 Å². The van der Waals surface area contributed by atoms with E-state index in [1.54, 1.807) is 24.2 Å². The van der Waals surface area contributed by atoms with Gasteiger partial charge in [0.05, 0.1) is 18.4 Å². The van der Waals surface area contributed by atoms with Crippen LogP contribution in [0.1, 0.15) is 33.5 Å². The molecule has 1 N–H and O–H groups in total. The van der Waals surface area contributed by atoms with Gasteiger partial charge in [-0.15, -0.1) is 0 Å². The Balaban J connectivity index is 1.69. The van der Waals surface area contributed by atoms with Crippen LogP contribution < -0.4 is 10.1 Å². The molecule has 4 rings (SSSR count). The third-order valence-electron chi connectivity index (χ3n) is 4.97. The average molecular weight is 390 g/mol. The molecular formula is C21H22N6O2. The van der Waals surface area contributed by atoms with E-state index in [1.807, 2.05) is 62.1 Å². The zero-order valence-corrected chi connectivity index (χ0v) is 16.7. The molecule has 0 fully saturated rings. The van der Waals surface area contributed by atoms with Gasteiger partial charge >= 0.3 is 0 Å². The summed E-state index contributed by atoms with van der Waals surface area (Å²) in [6.07, 6.45) is 5.14. The number of rotatable bonds is 5. The maximum Gasteiger partial charge on any atom is 0.253 e. The highest BCUT2D eigenvalue weighted by Gasteiger charge is 2.22. The van der Waals surface area contributed by atoms with Crippen LogP contribution in [0.3, 0.4) is 0 Å². The van der Waals surface area contributed by atoms with Crippen molar-refractivity contribution in [2.45, 2.75) is 13.0 Å². The summed E-state index contributed by atoms with van der Waals surface area (Å²) in [4.78, 5) is 21.9. The Kier molecular flexibility index (Phi) is 4.75. The van der Waals surface area contributed by atoms with Crippen LogP contribution in [0.25, 0.3) is 11.0 Å². The maximum absolute atomic E-state index is 13.1. The second kappa shape index (κ2) is 7.38. The van der Waals surface area contributed by atoms with E-state index in [0.717, 1.165) is 33.9 Å². The third-order valence-corrected chi connectivity index (χ3v) is 4.97. The van der Waals surface area contributed by atoms with Gasteiger partial charge in [-0.2, -0.15) is 5.10 Å². The molecule has 3 aromatic heterocycles. The molecule has 0 spiro atoms. The van der Waals surface area contributed by atoms with Gasteiger partial charge in [0, 0.05) is 38.1 Å². The number of pyridine rings is 1. The van der Waals surface area contributed by atoms with Gasteiger partial charge in [-0.1, -0.05) is 12.1 Å². The van der Waals surface area contributed by atoms with Crippen molar-refractivity contribution in [3.63, 3.8) is 0 Å². The van der Waals surface area contributed by atoms with E-state index in [1.165, 1.54) is 0 Å². The van der Waals surface area contributed by atoms with Gasteiger partial charge in [0.25, 0.3) is 5.91 Å². The Morgan fingerprint density at radius 3 is 2.59 bits per heavy atom. The molecule has 0 aliphatic carbocycles. The number of ether oxygens (including phenoxy) is 1. The second-order valence-electron chi connectivity index (χ2n) is 6.88. The van der Waals surface area contributed by atoms with Gasteiger partial charge < -0.3 is 14.6 Å². The standard InChI is InChI=1S/C21H22N6O2/c1-13-17-11-15(12-23-19(17)27(3)25-13)21(28)24-18(20-22-9-10-26(20)2)14-5-7-16(29-4)8-6-14/h5-12,18H,1-4H3,(H,24,28). The van der Waals surface area contributed by atoms with Crippen LogP contribution in [0, 0.1) is 6.92 Å². The first-order valence-electron chi connectivity index (χ1n) is 9.19. The molecule has 1 unspecified atom stereocenters. The minimum Gasteiger partial charge on any atom is -0.497 e. The Morgan fingerprint density at radius 2 is 1.93 bits per heavy atom. The number of methoxy groups -OCH3 is 1. The van der Waals surface area contributed by atoms with E-state index in [4.69, 9.17) is 4.74 Å². The van der Waals surface area contributed by atoms with Crippen LogP contribution in [-0.2, 0) is 14.1 Å². The number of hydrogen-bond donors (Lipinski definition) is 1. The number of aromatic nitrogens is 5. The highest BCUT2D eigenvalue weighted by atomic mass is 16.5. The molecule has 0 saturated carbocycles. The Bertz CT molecular complexity index is 1180. The number of aryl methyl sites for hydroxylation is 3. The first-order valence-corrected chi connectivity index (χ1v) is 9.19. The average Bonchev–Trinajstić information content (AvgIpc) is 3.28. The number of carbonyl (C=O) groups excluding carboxylic acids is 1. The largest absolute Gasteiger partial charge is 0.497 e. The summed E-state index contributed by atoms with van der Waals surface area (Å²) in [5.41, 5.74) is 2.96. The van der Waals surface area contributed by atoms with Crippen LogP contribution in [0.5, 0.6) is 5.75 Å². The maximum atomic E-state index is 13.1. The number of amides is 1. The van der Waals surface area contributed by atoms with E-state index >= 15 is 0 Å². The van der Waals surface area contributed by atoms with Crippen LogP contribution in [0.2, 0.25) is 0 Å². The zero-order chi connectivity index (χ0) is 20.5. The van der Waals surface area contributed by atoms with Crippen molar-refractivity contribution in [2.75, 3.05) is 7.11 Å². The number of imidazole rings is 1. The quantitative estimate of drug-likeness (QED) is 0.566. The fourth-order valence-corrected chi connectivity index (χ4v) is 3.40. The summed E-state index contributed by atoms with van der Waals surface area (Å²) < 4.78 is 8.84. The number of nitrogens with one attached hydrogen (secondary N) is 1. The number of benzene rings is 1. The summed E-state index contributed by atoms with van der Waals surface area (Å²) in [6, 6.07) is 8.98. The zero-order valence-electron chi connectivity index (χ0n) is 16.7. The van der Waals surface area contributed by atoms with Gasteiger partial charge in [-0.25, -0.2) is 9.97 Å². The smallest absolute Gasteiger partial charge is 0.253 e. The molecule has 3 heterocycles. The van der Waals surface area contributed by atoms with Gasteiger partial charge in [0.2, 0.25) is 0 Å². The molecule has 0 aliphatic rings. The SMILES string of the molecule is COc1ccc(C(NC(=O)c2cnc3c(c2)c(C)nn3C)c2nccn2C)cc1. The van der Waals surface area contributed by atoms with Gasteiger partial charge in [0.15, 0.2) is 5.65 Å². The predicted octanol–water partition coefficient (Wildman–Crippen LogP) is 2.54. The molecule has 0 aliphatic heterocycles. The molecular weight excluding hydrogens is 368 g/mol. The lowest BCUT2D eigenvalue weighted by Crippen LogP contribution is -2.31. The van der Waals surface area contributed by atoms with Crippen LogP contribution in [0.4, 0.5) is 0 Å². The van der Waals surface area contributed by atoms with Crippen LogP contribution >= 0.6 is 0 Å². The molecule has 29 heavy (non-hydrogen) atoms. The Labute approximate surface area is 168 Å². The van der Waals surface area contributed by atoms with Crippen molar-refractivity contribution in [2.24, 2.45) is 14.1 Å². The molecule has 8 heteroatoms. The lowest BCUT2D eigenvalue weighted by atomic mass is 10.0. The normalized spacial score (nSPS) is 12.1. The minimum atomic E-state index is -0.418. The molecule has 1 atom stereocenters. The fourth-order valence-electron chi connectivity index (χ4n) is 3.40. The predicted molar refractivity (Wildman–Crippen MR) is 109 cm³/mol. The third kappa shape index (κ3) is 3.44. The van der Waals surface area contributed by atoms with E-state index in [-0.39, 0.29) is 5.91 Å². The molecule has 8 nitrogen and oxygen atoms in total. The Morgan fingerprint density at radius 1 is 1.17 bits per heavy atom.